The summed E-state index contributed by atoms with van der Waals surface area (Å²) in [5.74, 6) is 0. The molecule has 0 aromatic rings. The van der Waals surface area contributed by atoms with E-state index in [0.717, 1.165) is 6.04 Å². The maximum absolute atomic E-state index is 2.34. The van der Waals surface area contributed by atoms with E-state index in [2.05, 4.69) is 19.0 Å². The summed E-state index contributed by atoms with van der Waals surface area (Å²) in [5, 5.41) is 0. The Kier molecular flexibility index (Phi) is 11.1. The summed E-state index contributed by atoms with van der Waals surface area (Å²) < 4.78 is 0. The van der Waals surface area contributed by atoms with Crippen molar-refractivity contribution in [3.8, 4) is 0 Å². The van der Waals surface area contributed by atoms with Gasteiger partial charge in [0.05, 0.1) is 0 Å². The van der Waals surface area contributed by atoms with Gasteiger partial charge in [-0.2, -0.15) is 0 Å². The molecule has 1 rings (SSSR count). The van der Waals surface area contributed by atoms with Gasteiger partial charge in [-0.05, 0) is 26.9 Å². The smallest absolute Gasteiger partial charge is 0.00891 e. The van der Waals surface area contributed by atoms with Crippen LogP contribution in [-0.2, 0) is 18.6 Å². The fourth-order valence-electron chi connectivity index (χ4n) is 1.42. The Morgan fingerprint density at radius 2 is 1.36 bits per heavy atom. The average Bonchev–Trinajstić information content (AvgIpc) is 2.42. The molecule has 1 saturated carbocycles. The molecule has 1 fully saturated rings. The van der Waals surface area contributed by atoms with Gasteiger partial charge in [-0.3, -0.25) is 0 Å². The minimum Gasteiger partial charge on any atom is -0.306 e. The molecule has 1 aliphatic rings. The SMILES string of the molecule is CC.CN(C)C1CCCC1.[V]. The minimum absolute atomic E-state index is 0. The molecule has 1 radical (unpaired) electrons. The number of hydrogen-bond donors (Lipinski definition) is 0. The van der Waals surface area contributed by atoms with Crippen LogP contribution in [0.2, 0.25) is 0 Å². The molecule has 0 bridgehead atoms. The topological polar surface area (TPSA) is 3.24 Å². The summed E-state index contributed by atoms with van der Waals surface area (Å²) in [6.07, 6.45) is 5.74. The van der Waals surface area contributed by atoms with Gasteiger partial charge in [-0.1, -0.05) is 26.7 Å². The molecule has 0 saturated heterocycles. The number of rotatable bonds is 1. The van der Waals surface area contributed by atoms with E-state index in [0.29, 0.717) is 0 Å². The molecule has 2 heteroatoms. The van der Waals surface area contributed by atoms with Crippen molar-refractivity contribution in [2.24, 2.45) is 0 Å². The van der Waals surface area contributed by atoms with Crippen molar-refractivity contribution in [1.82, 2.24) is 4.90 Å². The first kappa shape index (κ1) is 14.1. The average molecular weight is 194 g/mol. The Morgan fingerprint density at radius 1 is 1.00 bits per heavy atom. The Bertz CT molecular complexity index is 68.0. The van der Waals surface area contributed by atoms with E-state index < -0.39 is 0 Å². The predicted molar refractivity (Wildman–Crippen MR) is 47.3 cm³/mol. The van der Waals surface area contributed by atoms with Gasteiger partial charge in [0.2, 0.25) is 0 Å². The molecule has 0 aromatic carbocycles. The maximum Gasteiger partial charge on any atom is 0.00891 e. The van der Waals surface area contributed by atoms with Crippen LogP contribution >= 0.6 is 0 Å². The third-order valence-electron chi connectivity index (χ3n) is 2.05. The van der Waals surface area contributed by atoms with Crippen molar-refractivity contribution in [3.05, 3.63) is 0 Å². The Balaban J connectivity index is 0. The predicted octanol–water partition coefficient (Wildman–Crippen LogP) is 2.51. The Labute approximate surface area is 83.4 Å². The van der Waals surface area contributed by atoms with Gasteiger partial charge in [0.15, 0.2) is 0 Å². The Morgan fingerprint density at radius 3 is 1.55 bits per heavy atom. The molecule has 0 aromatic heterocycles. The van der Waals surface area contributed by atoms with Crippen LogP contribution in [-0.4, -0.2) is 25.0 Å². The van der Waals surface area contributed by atoms with Gasteiger partial charge in [0.25, 0.3) is 0 Å². The van der Waals surface area contributed by atoms with Gasteiger partial charge in [-0.25, -0.2) is 0 Å². The van der Waals surface area contributed by atoms with Crippen LogP contribution in [0, 0.1) is 0 Å². The fourth-order valence-corrected chi connectivity index (χ4v) is 1.42. The molecule has 0 atom stereocenters. The van der Waals surface area contributed by atoms with Crippen LogP contribution < -0.4 is 0 Å². The summed E-state index contributed by atoms with van der Waals surface area (Å²) in [7, 11) is 4.35. The largest absolute Gasteiger partial charge is 0.306 e. The van der Waals surface area contributed by atoms with Crippen LogP contribution in [0.3, 0.4) is 0 Å². The number of hydrogen-bond acceptors (Lipinski definition) is 1. The van der Waals surface area contributed by atoms with E-state index in [1.165, 1.54) is 25.7 Å². The van der Waals surface area contributed by atoms with Crippen molar-refractivity contribution in [2.75, 3.05) is 14.1 Å². The molecule has 11 heavy (non-hydrogen) atoms. The van der Waals surface area contributed by atoms with E-state index in [4.69, 9.17) is 0 Å². The van der Waals surface area contributed by atoms with E-state index in [-0.39, 0.29) is 18.6 Å². The molecule has 0 heterocycles. The molecular weight excluding hydrogens is 173 g/mol. The second-order valence-corrected chi connectivity index (χ2v) is 2.90. The first-order valence-electron chi connectivity index (χ1n) is 4.47. The molecule has 0 amide bonds. The summed E-state index contributed by atoms with van der Waals surface area (Å²) in [4.78, 5) is 2.34. The number of nitrogens with zero attached hydrogens (tertiary/aromatic N) is 1. The van der Waals surface area contributed by atoms with Gasteiger partial charge >= 0.3 is 0 Å². The van der Waals surface area contributed by atoms with Crippen molar-refractivity contribution in [3.63, 3.8) is 0 Å². The molecule has 0 spiro atoms. The zero-order valence-corrected chi connectivity index (χ0v) is 9.70. The molecular formula is C9H21NV. The monoisotopic (exact) mass is 194 g/mol. The van der Waals surface area contributed by atoms with Crippen LogP contribution in [0.15, 0.2) is 0 Å². The van der Waals surface area contributed by atoms with Crippen molar-refractivity contribution >= 4 is 0 Å². The summed E-state index contributed by atoms with van der Waals surface area (Å²) in [6, 6.07) is 0.898. The third kappa shape index (κ3) is 5.78. The fraction of sp³-hybridized carbons (Fsp3) is 1.00. The van der Waals surface area contributed by atoms with Crippen LogP contribution in [0.4, 0.5) is 0 Å². The minimum atomic E-state index is 0. The van der Waals surface area contributed by atoms with E-state index in [9.17, 15) is 0 Å². The van der Waals surface area contributed by atoms with Crippen molar-refractivity contribution in [2.45, 2.75) is 45.6 Å². The van der Waals surface area contributed by atoms with E-state index in [1.54, 1.807) is 0 Å². The van der Waals surface area contributed by atoms with Gasteiger partial charge in [0.1, 0.15) is 0 Å². The van der Waals surface area contributed by atoms with Crippen LogP contribution in [0.25, 0.3) is 0 Å². The summed E-state index contributed by atoms with van der Waals surface area (Å²) in [6.45, 7) is 4.00. The second kappa shape index (κ2) is 8.64. The second-order valence-electron chi connectivity index (χ2n) is 2.90. The van der Waals surface area contributed by atoms with E-state index in [1.807, 2.05) is 13.8 Å². The first-order chi connectivity index (χ1) is 4.80. The third-order valence-corrected chi connectivity index (χ3v) is 2.05. The molecule has 0 aliphatic heterocycles. The zero-order chi connectivity index (χ0) is 7.98. The Hall–Kier alpha value is 0.544. The normalized spacial score (nSPS) is 17.2. The van der Waals surface area contributed by atoms with Gasteiger partial charge in [0, 0.05) is 24.6 Å². The summed E-state index contributed by atoms with van der Waals surface area (Å²) >= 11 is 0. The first-order valence-corrected chi connectivity index (χ1v) is 4.47. The maximum atomic E-state index is 2.34. The molecule has 1 nitrogen and oxygen atoms in total. The van der Waals surface area contributed by atoms with Gasteiger partial charge < -0.3 is 4.90 Å². The van der Waals surface area contributed by atoms with Crippen LogP contribution in [0.1, 0.15) is 39.5 Å². The van der Waals surface area contributed by atoms with Crippen LogP contribution in [0.5, 0.6) is 0 Å². The zero-order valence-electron chi connectivity index (χ0n) is 8.30. The summed E-state index contributed by atoms with van der Waals surface area (Å²) in [5.41, 5.74) is 0. The molecule has 1 aliphatic carbocycles. The van der Waals surface area contributed by atoms with Crippen molar-refractivity contribution in [1.29, 1.82) is 0 Å². The van der Waals surface area contributed by atoms with Gasteiger partial charge in [-0.15, -0.1) is 0 Å². The standard InChI is InChI=1S/C7H15N.C2H6.V/c1-8(2)7-5-3-4-6-7;1-2;/h7H,3-6H2,1-2H3;1-2H3;. The van der Waals surface area contributed by atoms with Crippen molar-refractivity contribution < 1.29 is 18.6 Å². The van der Waals surface area contributed by atoms with E-state index >= 15 is 0 Å². The molecule has 0 N–H and O–H groups in total. The molecule has 0 unspecified atom stereocenters. The quantitative estimate of drug-likeness (QED) is 0.620. The molecule has 67 valence electrons.